The summed E-state index contributed by atoms with van der Waals surface area (Å²) in [5, 5.41) is 12.6. The molecule has 0 aromatic heterocycles. The number of nitrogens with one attached hydrogen (secondary N) is 1. The van der Waals surface area contributed by atoms with E-state index >= 15 is 0 Å². The molecule has 214 valence electrons. The molecule has 1 spiro atoms. The molecule has 5 bridgehead atoms. The topological polar surface area (TPSA) is 138 Å². The second-order valence-corrected chi connectivity index (χ2v) is 10.8. The Morgan fingerprint density at radius 3 is 2.64 bits per heavy atom. The third-order valence-corrected chi connectivity index (χ3v) is 8.26. The maximum absolute atomic E-state index is 14.3. The molecule has 0 aliphatic carbocycles. The number of amides is 3. The highest BCUT2D eigenvalue weighted by molar-refractivity contribution is 5.99. The molecule has 0 saturated carbocycles. The molecule has 5 aliphatic heterocycles. The van der Waals surface area contributed by atoms with Crippen molar-refractivity contribution in [2.45, 2.75) is 43.6 Å². The molecular formula is C27H38N4O8. The van der Waals surface area contributed by atoms with Gasteiger partial charge in [0.25, 0.3) is 0 Å². The van der Waals surface area contributed by atoms with E-state index in [-0.39, 0.29) is 37.9 Å². The molecule has 3 fully saturated rings. The van der Waals surface area contributed by atoms with Gasteiger partial charge < -0.3 is 34.4 Å². The number of aliphatic hydroxyl groups excluding tert-OH is 1. The van der Waals surface area contributed by atoms with Gasteiger partial charge in [0, 0.05) is 45.7 Å². The maximum Gasteiger partial charge on any atom is 0.313 e. The molecule has 0 aromatic rings. The summed E-state index contributed by atoms with van der Waals surface area (Å²) in [6.07, 6.45) is 6.68. The van der Waals surface area contributed by atoms with E-state index in [1.54, 1.807) is 24.0 Å². The highest BCUT2D eigenvalue weighted by atomic mass is 16.6. The Balaban J connectivity index is 1.47. The van der Waals surface area contributed by atoms with E-state index in [1.165, 1.54) is 4.90 Å². The van der Waals surface area contributed by atoms with Crippen LogP contribution in [0, 0.1) is 11.8 Å². The molecular weight excluding hydrogens is 508 g/mol. The molecule has 5 heterocycles. The lowest BCUT2D eigenvalue weighted by molar-refractivity contribution is -0.158. The Labute approximate surface area is 227 Å². The summed E-state index contributed by atoms with van der Waals surface area (Å²) in [6, 6.07) is -1.02. The molecule has 5 rings (SSSR count). The van der Waals surface area contributed by atoms with E-state index < -0.39 is 47.6 Å². The van der Waals surface area contributed by atoms with Crippen molar-refractivity contribution in [1.82, 2.24) is 20.0 Å². The molecule has 0 radical (unpaired) electrons. The number of fused-ring (bicyclic) bond motifs is 2. The Hall–Kier alpha value is -2.80. The molecule has 6 atom stereocenters. The molecule has 3 amide bonds. The zero-order valence-electron chi connectivity index (χ0n) is 22.3. The highest BCUT2D eigenvalue weighted by Crippen LogP contribution is 2.55. The largest absolute Gasteiger partial charge is 0.460 e. The second kappa shape index (κ2) is 11.7. The van der Waals surface area contributed by atoms with E-state index in [0.717, 1.165) is 13.1 Å². The van der Waals surface area contributed by atoms with Crippen LogP contribution in [0.2, 0.25) is 0 Å². The van der Waals surface area contributed by atoms with Gasteiger partial charge in [0.05, 0.1) is 38.4 Å². The minimum Gasteiger partial charge on any atom is -0.460 e. The van der Waals surface area contributed by atoms with Gasteiger partial charge in [-0.2, -0.15) is 0 Å². The van der Waals surface area contributed by atoms with Crippen LogP contribution in [0.5, 0.6) is 0 Å². The van der Waals surface area contributed by atoms with Gasteiger partial charge in [0.15, 0.2) is 0 Å². The lowest BCUT2D eigenvalue weighted by Crippen LogP contribution is -2.57. The molecule has 2 N–H and O–H groups in total. The van der Waals surface area contributed by atoms with Crippen molar-refractivity contribution >= 4 is 23.7 Å². The Bertz CT molecular complexity index is 1030. The van der Waals surface area contributed by atoms with Gasteiger partial charge in [-0.1, -0.05) is 24.3 Å². The highest BCUT2D eigenvalue weighted by Gasteiger charge is 2.73. The van der Waals surface area contributed by atoms with E-state index in [2.05, 4.69) is 10.2 Å². The van der Waals surface area contributed by atoms with E-state index in [4.69, 9.17) is 14.2 Å². The van der Waals surface area contributed by atoms with Crippen LogP contribution in [0.3, 0.4) is 0 Å². The van der Waals surface area contributed by atoms with Gasteiger partial charge in [-0.15, -0.1) is 0 Å². The lowest BCUT2D eigenvalue weighted by atomic mass is 9.74. The zero-order chi connectivity index (χ0) is 27.6. The fraction of sp³-hybridized carbons (Fsp3) is 0.704. The van der Waals surface area contributed by atoms with Crippen molar-refractivity contribution in [2.75, 3.05) is 65.6 Å². The number of ether oxygens (including phenoxy) is 3. The predicted molar refractivity (Wildman–Crippen MR) is 137 cm³/mol. The number of carbonyl (C=O) groups is 4. The fourth-order valence-electron chi connectivity index (χ4n) is 6.31. The smallest absolute Gasteiger partial charge is 0.313 e. The summed E-state index contributed by atoms with van der Waals surface area (Å²) in [7, 11) is 0. The minimum absolute atomic E-state index is 0.0489. The molecule has 0 unspecified atom stereocenters. The summed E-state index contributed by atoms with van der Waals surface area (Å²) in [5.41, 5.74) is -1.32. The quantitative estimate of drug-likeness (QED) is 0.318. The Morgan fingerprint density at radius 1 is 1.08 bits per heavy atom. The first-order valence-electron chi connectivity index (χ1n) is 13.9. The maximum atomic E-state index is 14.3. The number of cyclic esters (lactones) is 1. The van der Waals surface area contributed by atoms with E-state index in [9.17, 15) is 24.3 Å². The van der Waals surface area contributed by atoms with E-state index in [0.29, 0.717) is 39.3 Å². The van der Waals surface area contributed by atoms with Crippen LogP contribution in [-0.4, -0.2) is 133 Å². The molecule has 0 aromatic carbocycles. The van der Waals surface area contributed by atoms with Gasteiger partial charge in [-0.25, -0.2) is 0 Å². The average molecular weight is 547 g/mol. The summed E-state index contributed by atoms with van der Waals surface area (Å²) in [6.45, 7) is 5.61. The molecule has 12 nitrogen and oxygen atoms in total. The first-order chi connectivity index (χ1) is 18.9. The minimum atomic E-state index is -1.32. The number of nitrogens with zero attached hydrogens (tertiary/aromatic N) is 3. The van der Waals surface area contributed by atoms with Crippen LogP contribution in [0.15, 0.2) is 24.3 Å². The normalized spacial score (nSPS) is 36.7. The van der Waals surface area contributed by atoms with Crippen molar-refractivity contribution in [3.05, 3.63) is 24.3 Å². The summed E-state index contributed by atoms with van der Waals surface area (Å²) in [4.78, 5) is 58.9. The van der Waals surface area contributed by atoms with Gasteiger partial charge >= 0.3 is 5.97 Å². The number of morpholine rings is 1. The molecule has 3 saturated heterocycles. The number of β-amino-alcohol motifs (C(OH)–C–C–N with tert-alkyl or cyclic N) is 1. The monoisotopic (exact) mass is 546 g/mol. The van der Waals surface area contributed by atoms with Gasteiger partial charge in [0.2, 0.25) is 17.7 Å². The molecule has 12 heteroatoms. The Morgan fingerprint density at radius 2 is 1.87 bits per heavy atom. The number of allylic oxidation sites excluding steroid dienone is 1. The number of hydrogen-bond acceptors (Lipinski definition) is 9. The van der Waals surface area contributed by atoms with Crippen LogP contribution < -0.4 is 5.32 Å². The standard InChI is InChI=1S/C27H38N4O8/c1-18-17-28-20(33)5-3-2-4-8-30(10-9-29-12-15-37-16-13-29)25(35)23-27-7-6-19(39-27)21(26(36)38-18)22(27)24(34)31(23)11-14-32/h2,4,6-7,18-19,21-23,32H,3,5,8-17H2,1H3,(H,28,33)/b4-2-/t18-,19+,21-,22-,23+,27-/m1/s1. The van der Waals surface area contributed by atoms with Crippen LogP contribution in [0.1, 0.15) is 19.8 Å². The van der Waals surface area contributed by atoms with Gasteiger partial charge in [0.1, 0.15) is 23.7 Å². The van der Waals surface area contributed by atoms with Crippen molar-refractivity contribution in [2.24, 2.45) is 11.8 Å². The van der Waals surface area contributed by atoms with Gasteiger partial charge in [-0.3, -0.25) is 24.1 Å². The SMILES string of the molecule is C[C@@H]1CNC(=O)CC/C=C\CN(CCN2CCOCC2)C(=O)[C@@H]2N(CCO)C(=O)[C@H]3[C@H](C(=O)O1)[C@@H]1C=C[C@]23O1. The lowest BCUT2D eigenvalue weighted by Gasteiger charge is -2.36. The number of esters is 1. The van der Waals surface area contributed by atoms with Crippen LogP contribution in [0.4, 0.5) is 0 Å². The van der Waals surface area contributed by atoms with Crippen LogP contribution >= 0.6 is 0 Å². The molecule has 5 aliphatic rings. The van der Waals surface area contributed by atoms with Gasteiger partial charge in [-0.05, 0) is 13.3 Å². The number of rotatable bonds is 5. The number of carbonyl (C=O) groups excluding carboxylic acids is 4. The zero-order valence-corrected chi connectivity index (χ0v) is 22.3. The third kappa shape index (κ3) is 5.34. The number of likely N-dealkylation sites (tertiary alicyclic amines) is 1. The Kier molecular flexibility index (Phi) is 8.36. The molecule has 39 heavy (non-hydrogen) atoms. The predicted octanol–water partition coefficient (Wildman–Crippen LogP) is -1.31. The van der Waals surface area contributed by atoms with E-state index in [1.807, 2.05) is 12.2 Å². The summed E-state index contributed by atoms with van der Waals surface area (Å²) >= 11 is 0. The van der Waals surface area contributed by atoms with Crippen molar-refractivity contribution in [3.63, 3.8) is 0 Å². The van der Waals surface area contributed by atoms with Crippen LogP contribution in [-0.2, 0) is 33.4 Å². The van der Waals surface area contributed by atoms with Crippen molar-refractivity contribution < 1.29 is 38.5 Å². The summed E-state index contributed by atoms with van der Waals surface area (Å²) < 4.78 is 17.4. The fourth-order valence-corrected chi connectivity index (χ4v) is 6.31. The van der Waals surface area contributed by atoms with Crippen molar-refractivity contribution in [1.29, 1.82) is 0 Å². The number of hydrogen-bond donors (Lipinski definition) is 2. The average Bonchev–Trinajstić information content (AvgIpc) is 3.56. The first kappa shape index (κ1) is 27.8. The van der Waals surface area contributed by atoms with Crippen LogP contribution in [0.25, 0.3) is 0 Å². The third-order valence-electron chi connectivity index (χ3n) is 8.26. The summed E-state index contributed by atoms with van der Waals surface area (Å²) in [5.74, 6) is -3.31. The first-order valence-corrected chi connectivity index (χ1v) is 13.9. The van der Waals surface area contributed by atoms with Crippen molar-refractivity contribution in [3.8, 4) is 0 Å². The second-order valence-electron chi connectivity index (χ2n) is 10.8. The number of aliphatic hydroxyl groups is 1.